The van der Waals surface area contributed by atoms with Gasteiger partial charge in [0.05, 0.1) is 42.6 Å². The van der Waals surface area contributed by atoms with Gasteiger partial charge >= 0.3 is 0 Å². The molecule has 3 heterocycles. The number of hydrogen-bond donors (Lipinski definition) is 0. The Morgan fingerprint density at radius 1 is 1.24 bits per heavy atom. The normalized spacial score (nSPS) is 17.6. The van der Waals surface area contributed by atoms with Gasteiger partial charge in [-0.15, -0.1) is 0 Å². The lowest BCUT2D eigenvalue weighted by Crippen LogP contribution is -2.67. The third-order valence-electron chi connectivity index (χ3n) is 6.98. The van der Waals surface area contributed by atoms with E-state index in [1.807, 2.05) is 17.1 Å². The summed E-state index contributed by atoms with van der Waals surface area (Å²) in [6.07, 6.45) is 5.63. The number of aromatic nitrogens is 2. The van der Waals surface area contributed by atoms with E-state index >= 15 is 0 Å². The van der Waals surface area contributed by atoms with Gasteiger partial charge in [-0.3, -0.25) is 9.36 Å². The van der Waals surface area contributed by atoms with Crippen LogP contribution in [0.15, 0.2) is 41.3 Å². The summed E-state index contributed by atoms with van der Waals surface area (Å²) in [5.41, 5.74) is 1.97. The predicted molar refractivity (Wildman–Crippen MR) is 132 cm³/mol. The summed E-state index contributed by atoms with van der Waals surface area (Å²) in [4.78, 5) is 20.0. The van der Waals surface area contributed by atoms with Crippen LogP contribution in [0, 0.1) is 16.7 Å². The second kappa shape index (κ2) is 8.56. The first-order valence-electron chi connectivity index (χ1n) is 11.3. The average Bonchev–Trinajstić information content (AvgIpc) is 2.70. The van der Waals surface area contributed by atoms with Crippen molar-refractivity contribution >= 4 is 20.2 Å². The van der Waals surface area contributed by atoms with Crippen LogP contribution in [0.5, 0.6) is 0 Å². The molecule has 2 aromatic rings. The molecular weight excluding hydrogens is 432 g/mol. The van der Waals surface area contributed by atoms with Crippen molar-refractivity contribution < 1.29 is 9.16 Å². The number of nitrogens with zero attached hydrogens (tertiary/aromatic N) is 4. The van der Waals surface area contributed by atoms with Crippen molar-refractivity contribution in [2.75, 3.05) is 37.8 Å². The van der Waals surface area contributed by atoms with E-state index in [4.69, 9.17) is 14.4 Å². The quantitative estimate of drug-likeness (QED) is 0.602. The van der Waals surface area contributed by atoms with Gasteiger partial charge in [-0.2, -0.15) is 5.26 Å². The van der Waals surface area contributed by atoms with Gasteiger partial charge in [0.25, 0.3) is 5.56 Å². The first-order chi connectivity index (χ1) is 15.5. The van der Waals surface area contributed by atoms with Crippen molar-refractivity contribution in [3.05, 3.63) is 58.1 Å². The molecule has 33 heavy (non-hydrogen) atoms. The Labute approximate surface area is 196 Å². The minimum Gasteiger partial charge on any atom is -0.413 e. The van der Waals surface area contributed by atoms with E-state index in [0.29, 0.717) is 29.4 Å². The fourth-order valence-corrected chi connectivity index (χ4v) is 4.75. The van der Waals surface area contributed by atoms with Gasteiger partial charge in [0.15, 0.2) is 14.1 Å². The van der Waals surface area contributed by atoms with Gasteiger partial charge in [-0.25, -0.2) is 4.98 Å². The molecule has 8 heteroatoms. The van der Waals surface area contributed by atoms with Gasteiger partial charge in [0.1, 0.15) is 0 Å². The van der Waals surface area contributed by atoms with Crippen LogP contribution in [0.3, 0.4) is 0 Å². The summed E-state index contributed by atoms with van der Waals surface area (Å²) in [6.45, 7) is 14.7. The van der Waals surface area contributed by atoms with Gasteiger partial charge < -0.3 is 14.1 Å². The smallest absolute Gasteiger partial charge is 0.298 e. The second-order valence-corrected chi connectivity index (χ2v) is 15.5. The van der Waals surface area contributed by atoms with Gasteiger partial charge in [0, 0.05) is 25.0 Å². The highest BCUT2D eigenvalue weighted by molar-refractivity contribution is 6.74. The van der Waals surface area contributed by atoms with E-state index in [1.54, 1.807) is 35.0 Å². The third kappa shape index (κ3) is 4.67. The van der Waals surface area contributed by atoms with Crippen molar-refractivity contribution in [3.8, 4) is 11.8 Å². The Hall–Kier alpha value is -2.73. The number of ether oxygens (including phenoxy) is 1. The van der Waals surface area contributed by atoms with E-state index in [-0.39, 0.29) is 16.0 Å². The SMILES string of the molecule is CC(C)(C)[Si](C)(C)OC/C=C/c1cn(-c2ccc(C#N)cc2)c(=O)c(N2CC3(COC3)C2)n1. The topological polar surface area (TPSA) is 80.4 Å². The lowest BCUT2D eigenvalue weighted by molar-refractivity contribution is -0.127. The Morgan fingerprint density at radius 3 is 2.45 bits per heavy atom. The molecule has 0 bridgehead atoms. The molecular formula is C25H32N4O3Si. The highest BCUT2D eigenvalue weighted by Crippen LogP contribution is 2.39. The fourth-order valence-electron chi connectivity index (χ4n) is 3.80. The molecule has 2 fully saturated rings. The monoisotopic (exact) mass is 464 g/mol. The lowest BCUT2D eigenvalue weighted by Gasteiger charge is -2.55. The van der Waals surface area contributed by atoms with Gasteiger partial charge in [0.2, 0.25) is 0 Å². The van der Waals surface area contributed by atoms with E-state index in [2.05, 4.69) is 44.9 Å². The van der Waals surface area contributed by atoms with E-state index in [9.17, 15) is 4.79 Å². The molecule has 0 N–H and O–H groups in total. The molecule has 0 atom stereocenters. The Bertz CT molecular complexity index is 1140. The lowest BCUT2D eigenvalue weighted by atomic mass is 9.78. The van der Waals surface area contributed by atoms with Crippen molar-refractivity contribution in [2.45, 2.75) is 38.9 Å². The highest BCUT2D eigenvalue weighted by Gasteiger charge is 2.50. The maximum absolute atomic E-state index is 13.3. The number of benzene rings is 1. The van der Waals surface area contributed by atoms with Crippen LogP contribution in [0.4, 0.5) is 5.82 Å². The fraction of sp³-hybridized carbons (Fsp3) is 0.480. The largest absolute Gasteiger partial charge is 0.413 e. The minimum absolute atomic E-state index is 0.147. The number of hydrogen-bond acceptors (Lipinski definition) is 6. The zero-order chi connectivity index (χ0) is 23.9. The van der Waals surface area contributed by atoms with Crippen LogP contribution >= 0.6 is 0 Å². The van der Waals surface area contributed by atoms with Gasteiger partial charge in [-0.05, 0) is 48.5 Å². The maximum Gasteiger partial charge on any atom is 0.298 e. The first kappa shape index (κ1) is 23.4. The van der Waals surface area contributed by atoms with Crippen LogP contribution in [-0.2, 0) is 9.16 Å². The van der Waals surface area contributed by atoms with Crippen LogP contribution in [0.2, 0.25) is 18.1 Å². The Morgan fingerprint density at radius 2 is 1.91 bits per heavy atom. The van der Waals surface area contributed by atoms with Crippen LogP contribution in [0.1, 0.15) is 32.0 Å². The van der Waals surface area contributed by atoms with Crippen molar-refractivity contribution in [1.29, 1.82) is 5.26 Å². The summed E-state index contributed by atoms with van der Waals surface area (Å²) >= 11 is 0. The summed E-state index contributed by atoms with van der Waals surface area (Å²) < 4.78 is 13.2. The molecule has 2 aliphatic rings. The zero-order valence-corrected chi connectivity index (χ0v) is 21.1. The van der Waals surface area contributed by atoms with Crippen LogP contribution < -0.4 is 10.5 Å². The predicted octanol–water partition coefficient (Wildman–Crippen LogP) is 3.98. The number of nitriles is 1. The van der Waals surface area contributed by atoms with Crippen LogP contribution in [0.25, 0.3) is 11.8 Å². The van der Waals surface area contributed by atoms with E-state index < -0.39 is 8.32 Å². The van der Waals surface area contributed by atoms with Gasteiger partial charge in [-0.1, -0.05) is 26.8 Å². The van der Waals surface area contributed by atoms with Crippen molar-refractivity contribution in [3.63, 3.8) is 0 Å². The van der Waals surface area contributed by atoms with Crippen LogP contribution in [-0.4, -0.2) is 50.8 Å². The molecule has 1 spiro atoms. The van der Waals surface area contributed by atoms with Crippen molar-refractivity contribution in [2.24, 2.45) is 5.41 Å². The van der Waals surface area contributed by atoms with E-state index in [0.717, 1.165) is 26.3 Å². The molecule has 0 amide bonds. The summed E-state index contributed by atoms with van der Waals surface area (Å²) in [5.74, 6) is 0.448. The average molecular weight is 465 g/mol. The summed E-state index contributed by atoms with van der Waals surface area (Å²) in [6, 6.07) is 9.12. The molecule has 2 saturated heterocycles. The van der Waals surface area contributed by atoms with Crippen molar-refractivity contribution in [1.82, 2.24) is 9.55 Å². The molecule has 1 aromatic carbocycles. The Kier molecular flexibility index (Phi) is 6.08. The first-order valence-corrected chi connectivity index (χ1v) is 14.2. The standard InChI is InChI=1S/C25H32N4O3Si/c1-24(2,3)33(4,5)32-12-6-7-20-14-29(21-10-8-19(13-26)9-11-21)23(30)22(27-20)28-15-25(16-28)17-31-18-25/h6-11,14H,12,15-18H2,1-5H3/b7-6+. The molecule has 0 radical (unpaired) electrons. The zero-order valence-electron chi connectivity index (χ0n) is 20.1. The van der Waals surface area contributed by atoms with E-state index in [1.165, 1.54) is 0 Å². The highest BCUT2D eigenvalue weighted by atomic mass is 28.4. The molecule has 7 nitrogen and oxygen atoms in total. The molecule has 174 valence electrons. The molecule has 0 unspecified atom stereocenters. The second-order valence-electron chi connectivity index (χ2n) is 10.6. The number of anilines is 1. The minimum atomic E-state index is -1.84. The summed E-state index contributed by atoms with van der Waals surface area (Å²) in [7, 11) is -1.84. The summed E-state index contributed by atoms with van der Waals surface area (Å²) in [5, 5.41) is 9.24. The molecule has 1 aromatic heterocycles. The third-order valence-corrected chi connectivity index (χ3v) is 11.5. The molecule has 0 aliphatic carbocycles. The molecule has 2 aliphatic heterocycles. The maximum atomic E-state index is 13.3. The molecule has 0 saturated carbocycles. The number of rotatable bonds is 6. The Balaban J connectivity index is 1.61. The molecule has 4 rings (SSSR count).